The molecule has 0 heterocycles. The van der Waals surface area contributed by atoms with Crippen LogP contribution in [0.5, 0.6) is 0 Å². The van der Waals surface area contributed by atoms with Gasteiger partial charge in [-0.2, -0.15) is 10.2 Å². The van der Waals surface area contributed by atoms with E-state index in [9.17, 15) is 0 Å². The molecule has 0 unspecified atom stereocenters. The molecule has 5 aromatic rings. The Labute approximate surface area is 224 Å². The average Bonchev–Trinajstić information content (AvgIpc) is 2.94. The van der Waals surface area contributed by atoms with E-state index in [0.717, 1.165) is 52.2 Å². The lowest BCUT2D eigenvalue weighted by Crippen LogP contribution is -2.21. The lowest BCUT2D eigenvalue weighted by Gasteiger charge is -2.23. The van der Waals surface area contributed by atoms with Crippen LogP contribution in [0.2, 0.25) is 0 Å². The maximum Gasteiger partial charge on any atom is 0.0936 e. The van der Waals surface area contributed by atoms with E-state index in [2.05, 4.69) is 75.6 Å². The van der Waals surface area contributed by atoms with Crippen LogP contribution in [-0.2, 0) is 6.54 Å². The highest BCUT2D eigenvalue weighted by Gasteiger charge is 2.07. The first-order chi connectivity index (χ1) is 18.6. The number of hydrogen-bond acceptors (Lipinski definition) is 5. The van der Waals surface area contributed by atoms with E-state index >= 15 is 0 Å². The van der Waals surface area contributed by atoms with Crippen molar-refractivity contribution in [1.82, 2.24) is 0 Å². The number of aryl methyl sites for hydroxylation is 2. The summed E-state index contributed by atoms with van der Waals surface area (Å²) in [7, 11) is 0. The summed E-state index contributed by atoms with van der Waals surface area (Å²) in [6.07, 6.45) is 0. The van der Waals surface area contributed by atoms with Crippen molar-refractivity contribution in [3.8, 4) is 0 Å². The van der Waals surface area contributed by atoms with Gasteiger partial charge in [-0.1, -0.05) is 66.2 Å². The van der Waals surface area contributed by atoms with Crippen molar-refractivity contribution in [2.24, 2.45) is 20.5 Å². The van der Waals surface area contributed by atoms with Crippen LogP contribution in [-0.4, -0.2) is 6.54 Å². The third-order valence-corrected chi connectivity index (χ3v) is 6.48. The first-order valence-corrected chi connectivity index (χ1v) is 12.9. The molecule has 0 fully saturated rings. The van der Waals surface area contributed by atoms with Gasteiger partial charge in [-0.25, -0.2) is 0 Å². The molecule has 0 bridgehead atoms. The van der Waals surface area contributed by atoms with Crippen molar-refractivity contribution in [2.75, 3.05) is 11.4 Å². The van der Waals surface area contributed by atoms with E-state index in [1.807, 2.05) is 79.7 Å². The molecular formula is C33H31N5. The maximum atomic E-state index is 4.59. The van der Waals surface area contributed by atoms with Crippen molar-refractivity contribution in [2.45, 2.75) is 27.3 Å². The van der Waals surface area contributed by atoms with Crippen molar-refractivity contribution in [3.05, 3.63) is 126 Å². The standard InChI is InChI=1S/C33H31N5/c1-4-38(23-26-11-7-9-24(2)21-26)29-17-15-27(16-18-29)34-36-32-19-20-33(31-14-6-5-13-30(31)32)37-35-28-12-8-10-25(3)22-28/h5-22H,4,23H2,1-3H3. The van der Waals surface area contributed by atoms with Crippen molar-refractivity contribution < 1.29 is 0 Å². The largest absolute Gasteiger partial charge is 0.367 e. The number of azo groups is 2. The summed E-state index contributed by atoms with van der Waals surface area (Å²) in [5, 5.41) is 20.1. The summed E-state index contributed by atoms with van der Waals surface area (Å²) in [6, 6.07) is 36.9. The highest BCUT2D eigenvalue weighted by atomic mass is 15.1. The average molecular weight is 498 g/mol. The second-order valence-corrected chi connectivity index (χ2v) is 9.41. The molecule has 0 spiro atoms. The summed E-state index contributed by atoms with van der Waals surface area (Å²) in [5.74, 6) is 0. The Balaban J connectivity index is 1.35. The number of benzene rings is 5. The van der Waals surface area contributed by atoms with E-state index < -0.39 is 0 Å². The molecule has 5 nitrogen and oxygen atoms in total. The molecule has 0 saturated heterocycles. The molecule has 0 saturated carbocycles. The SMILES string of the molecule is CCN(Cc1cccc(C)c1)c1ccc(N=Nc2ccc(N=Nc3cccc(C)c3)c3ccccc23)cc1. The first kappa shape index (κ1) is 25.0. The number of hydrogen-bond donors (Lipinski definition) is 0. The molecule has 0 N–H and O–H groups in total. The van der Waals surface area contributed by atoms with Gasteiger partial charge >= 0.3 is 0 Å². The van der Waals surface area contributed by atoms with Crippen LogP contribution in [0.15, 0.2) is 130 Å². The molecule has 5 rings (SSSR count). The fourth-order valence-corrected chi connectivity index (χ4v) is 4.50. The van der Waals surface area contributed by atoms with Crippen LogP contribution < -0.4 is 4.90 Å². The van der Waals surface area contributed by atoms with Gasteiger partial charge in [0.15, 0.2) is 0 Å². The van der Waals surface area contributed by atoms with Gasteiger partial charge in [-0.15, -0.1) is 10.2 Å². The third kappa shape index (κ3) is 6.01. The Bertz CT molecular complexity index is 1600. The molecule has 188 valence electrons. The quantitative estimate of drug-likeness (QED) is 0.197. The Morgan fingerprint density at radius 3 is 1.76 bits per heavy atom. The summed E-state index contributed by atoms with van der Waals surface area (Å²) >= 11 is 0. The molecule has 5 heteroatoms. The minimum Gasteiger partial charge on any atom is -0.367 e. The molecule has 0 amide bonds. The fraction of sp³-hybridized carbons (Fsp3) is 0.152. The van der Waals surface area contributed by atoms with Gasteiger partial charge in [0.05, 0.1) is 22.7 Å². The van der Waals surface area contributed by atoms with Crippen LogP contribution in [0.3, 0.4) is 0 Å². The van der Waals surface area contributed by atoms with Gasteiger partial charge in [0.1, 0.15) is 0 Å². The number of anilines is 1. The predicted molar refractivity (Wildman–Crippen MR) is 158 cm³/mol. The third-order valence-electron chi connectivity index (χ3n) is 6.48. The van der Waals surface area contributed by atoms with Crippen molar-refractivity contribution in [1.29, 1.82) is 0 Å². The normalized spacial score (nSPS) is 11.6. The van der Waals surface area contributed by atoms with E-state index in [1.54, 1.807) is 0 Å². The number of fused-ring (bicyclic) bond motifs is 1. The van der Waals surface area contributed by atoms with Crippen LogP contribution in [0.25, 0.3) is 10.8 Å². The van der Waals surface area contributed by atoms with Gasteiger partial charge in [0.2, 0.25) is 0 Å². The van der Waals surface area contributed by atoms with E-state index in [-0.39, 0.29) is 0 Å². The van der Waals surface area contributed by atoms with Gasteiger partial charge in [0.25, 0.3) is 0 Å². The van der Waals surface area contributed by atoms with Crippen LogP contribution >= 0.6 is 0 Å². The predicted octanol–water partition coefficient (Wildman–Crippen LogP) is 10.3. The molecule has 38 heavy (non-hydrogen) atoms. The van der Waals surface area contributed by atoms with Crippen LogP contribution in [0.1, 0.15) is 23.6 Å². The van der Waals surface area contributed by atoms with E-state index in [1.165, 1.54) is 16.8 Å². The first-order valence-electron chi connectivity index (χ1n) is 12.9. The molecular weight excluding hydrogens is 466 g/mol. The van der Waals surface area contributed by atoms with Gasteiger partial charge in [-0.3, -0.25) is 0 Å². The van der Waals surface area contributed by atoms with Crippen LogP contribution in [0, 0.1) is 13.8 Å². The number of nitrogens with zero attached hydrogens (tertiary/aromatic N) is 5. The molecule has 0 atom stereocenters. The summed E-state index contributed by atoms with van der Waals surface area (Å²) < 4.78 is 0. The second kappa shape index (κ2) is 11.6. The van der Waals surface area contributed by atoms with Crippen molar-refractivity contribution >= 4 is 39.2 Å². The van der Waals surface area contributed by atoms with Gasteiger partial charge in [-0.05, 0) is 80.4 Å². The monoisotopic (exact) mass is 497 g/mol. The van der Waals surface area contributed by atoms with Gasteiger partial charge in [0, 0.05) is 29.5 Å². The lowest BCUT2D eigenvalue weighted by atomic mass is 10.1. The minimum absolute atomic E-state index is 0.800. The zero-order valence-corrected chi connectivity index (χ0v) is 22.0. The smallest absolute Gasteiger partial charge is 0.0936 e. The topological polar surface area (TPSA) is 52.7 Å². The van der Waals surface area contributed by atoms with E-state index in [0.29, 0.717) is 0 Å². The summed E-state index contributed by atoms with van der Waals surface area (Å²) in [4.78, 5) is 2.35. The maximum absolute atomic E-state index is 4.59. The van der Waals surface area contributed by atoms with E-state index in [4.69, 9.17) is 0 Å². The highest BCUT2D eigenvalue weighted by molar-refractivity contribution is 5.99. The summed E-state index contributed by atoms with van der Waals surface area (Å²) in [5.41, 5.74) is 8.17. The molecule has 5 aromatic carbocycles. The molecule has 0 aromatic heterocycles. The zero-order valence-electron chi connectivity index (χ0n) is 22.0. The molecule has 0 aliphatic carbocycles. The Morgan fingerprint density at radius 1 is 0.553 bits per heavy atom. The minimum atomic E-state index is 0.800. The van der Waals surface area contributed by atoms with Crippen LogP contribution in [0.4, 0.5) is 28.4 Å². The zero-order chi connectivity index (χ0) is 26.3. The molecule has 0 aliphatic heterocycles. The Morgan fingerprint density at radius 2 is 1.16 bits per heavy atom. The Kier molecular flexibility index (Phi) is 7.65. The fourth-order valence-electron chi connectivity index (χ4n) is 4.50. The number of rotatable bonds is 8. The van der Waals surface area contributed by atoms with Gasteiger partial charge < -0.3 is 4.90 Å². The summed E-state index contributed by atoms with van der Waals surface area (Å²) in [6.45, 7) is 8.16. The molecule has 0 radical (unpaired) electrons. The second-order valence-electron chi connectivity index (χ2n) is 9.41. The lowest BCUT2D eigenvalue weighted by molar-refractivity contribution is 0.831. The van der Waals surface area contributed by atoms with Crippen molar-refractivity contribution in [3.63, 3.8) is 0 Å². The highest BCUT2D eigenvalue weighted by Crippen LogP contribution is 2.35. The Hall–Kier alpha value is -4.64. The molecule has 0 aliphatic rings.